The molecule has 1 amide bonds. The topological polar surface area (TPSA) is 20.3 Å². The van der Waals surface area contributed by atoms with Crippen LogP contribution >= 0.6 is 0 Å². The lowest BCUT2D eigenvalue weighted by atomic mass is 10.3. The Morgan fingerprint density at radius 3 is 2.00 bits per heavy atom. The fourth-order valence-electron chi connectivity index (χ4n) is 1.14. The van der Waals surface area contributed by atoms with E-state index in [-0.39, 0.29) is 0 Å². The molecule has 0 saturated carbocycles. The zero-order valence-electron chi connectivity index (χ0n) is 8.60. The maximum atomic E-state index is 10.5. The van der Waals surface area contributed by atoms with Gasteiger partial charge in [-0.05, 0) is 6.42 Å². The first-order valence-electron chi connectivity index (χ1n) is 4.96. The van der Waals surface area contributed by atoms with Crippen LogP contribution in [-0.4, -0.2) is 24.4 Å². The molecule has 0 N–H and O–H groups in total. The molecule has 0 aromatic carbocycles. The van der Waals surface area contributed by atoms with Crippen molar-refractivity contribution in [2.75, 3.05) is 13.6 Å². The molecule has 1 aliphatic heterocycles. The first-order chi connectivity index (χ1) is 5.72. The molecule has 0 radical (unpaired) electrons. The van der Waals surface area contributed by atoms with Crippen molar-refractivity contribution in [3.05, 3.63) is 0 Å². The smallest absolute Gasteiger partial charge is 0.222 e. The molecule has 2 nitrogen and oxygen atoms in total. The summed E-state index contributed by atoms with van der Waals surface area (Å²) in [6, 6.07) is 0. The number of nitrogens with zero attached hydrogens (tertiary/aromatic N) is 1. The summed E-state index contributed by atoms with van der Waals surface area (Å²) in [6.45, 7) is 5.38. The van der Waals surface area contributed by atoms with E-state index in [1.807, 2.05) is 7.05 Å². The standard InChI is InChI=1S/C5H9NO.C5H12/c1-6-4-2-3-5(6)7;1-3-5-4-2/h2-4H2,1H3;3-5H2,1-2H3. The average Bonchev–Trinajstić information content (AvgIpc) is 2.39. The monoisotopic (exact) mass is 171 g/mol. The molecule has 2 heteroatoms. The highest BCUT2D eigenvalue weighted by Crippen LogP contribution is 2.04. The van der Waals surface area contributed by atoms with Crippen molar-refractivity contribution in [1.29, 1.82) is 0 Å². The van der Waals surface area contributed by atoms with Crippen LogP contribution in [0, 0.1) is 0 Å². The zero-order chi connectivity index (χ0) is 9.40. The highest BCUT2D eigenvalue weighted by atomic mass is 16.2. The second-order valence-electron chi connectivity index (χ2n) is 3.27. The number of amides is 1. The average molecular weight is 171 g/mol. The van der Waals surface area contributed by atoms with Crippen LogP contribution in [-0.2, 0) is 4.79 Å². The lowest BCUT2D eigenvalue weighted by molar-refractivity contribution is -0.126. The fourth-order valence-corrected chi connectivity index (χ4v) is 1.14. The summed E-state index contributed by atoms with van der Waals surface area (Å²) in [4.78, 5) is 12.3. The quantitative estimate of drug-likeness (QED) is 0.625. The molecular weight excluding hydrogens is 150 g/mol. The first kappa shape index (κ1) is 11.5. The Bertz CT molecular complexity index is 121. The van der Waals surface area contributed by atoms with Crippen molar-refractivity contribution in [2.45, 2.75) is 46.0 Å². The minimum Gasteiger partial charge on any atom is -0.346 e. The van der Waals surface area contributed by atoms with Gasteiger partial charge in [-0.3, -0.25) is 4.79 Å². The third-order valence-electron chi connectivity index (χ3n) is 2.02. The molecule has 0 bridgehead atoms. The van der Waals surface area contributed by atoms with E-state index < -0.39 is 0 Å². The Labute approximate surface area is 75.9 Å². The van der Waals surface area contributed by atoms with Gasteiger partial charge in [-0.2, -0.15) is 0 Å². The van der Waals surface area contributed by atoms with Crippen LogP contribution in [0.4, 0.5) is 0 Å². The Hall–Kier alpha value is -0.530. The van der Waals surface area contributed by atoms with Crippen molar-refractivity contribution >= 4 is 5.91 Å². The molecule has 1 heterocycles. The van der Waals surface area contributed by atoms with Crippen LogP contribution in [0.25, 0.3) is 0 Å². The lowest BCUT2D eigenvalue weighted by Gasteiger charge is -2.03. The number of unbranched alkanes of at least 4 members (excludes halogenated alkanes) is 2. The summed E-state index contributed by atoms with van der Waals surface area (Å²) in [5.74, 6) is 0.292. The van der Waals surface area contributed by atoms with E-state index in [2.05, 4.69) is 13.8 Å². The van der Waals surface area contributed by atoms with Gasteiger partial charge in [0.25, 0.3) is 0 Å². The van der Waals surface area contributed by atoms with Gasteiger partial charge in [0.2, 0.25) is 5.91 Å². The highest BCUT2D eigenvalue weighted by Gasteiger charge is 2.14. The second kappa shape index (κ2) is 7.14. The molecule has 72 valence electrons. The lowest BCUT2D eigenvalue weighted by Crippen LogP contribution is -2.17. The van der Waals surface area contributed by atoms with E-state index in [9.17, 15) is 4.79 Å². The van der Waals surface area contributed by atoms with Gasteiger partial charge in [0.05, 0.1) is 0 Å². The summed E-state index contributed by atoms with van der Waals surface area (Å²) in [5.41, 5.74) is 0. The Kier molecular flexibility index (Phi) is 6.82. The summed E-state index contributed by atoms with van der Waals surface area (Å²) in [6.07, 6.45) is 5.89. The normalized spacial score (nSPS) is 15.9. The number of hydrogen-bond acceptors (Lipinski definition) is 1. The van der Waals surface area contributed by atoms with Crippen molar-refractivity contribution < 1.29 is 4.79 Å². The largest absolute Gasteiger partial charge is 0.346 e. The van der Waals surface area contributed by atoms with Gasteiger partial charge in [0.15, 0.2) is 0 Å². The molecule has 12 heavy (non-hydrogen) atoms. The fraction of sp³-hybridized carbons (Fsp3) is 0.900. The third-order valence-corrected chi connectivity index (χ3v) is 2.02. The number of likely N-dealkylation sites (tertiary alicyclic amines) is 1. The number of rotatable bonds is 2. The van der Waals surface area contributed by atoms with Crippen LogP contribution in [0.5, 0.6) is 0 Å². The molecule has 1 aliphatic rings. The van der Waals surface area contributed by atoms with Gasteiger partial charge < -0.3 is 4.90 Å². The second-order valence-corrected chi connectivity index (χ2v) is 3.27. The number of carbonyl (C=O) groups excluding carboxylic acids is 1. The minimum atomic E-state index is 0.292. The van der Waals surface area contributed by atoms with Gasteiger partial charge >= 0.3 is 0 Å². The van der Waals surface area contributed by atoms with Crippen LogP contribution in [0.3, 0.4) is 0 Å². The molecule has 0 aromatic rings. The molecule has 1 saturated heterocycles. The van der Waals surface area contributed by atoms with Crippen LogP contribution < -0.4 is 0 Å². The van der Waals surface area contributed by atoms with Gasteiger partial charge in [-0.25, -0.2) is 0 Å². The minimum absolute atomic E-state index is 0.292. The summed E-state index contributed by atoms with van der Waals surface area (Å²) < 4.78 is 0. The predicted octanol–water partition coefficient (Wildman–Crippen LogP) is 2.44. The predicted molar refractivity (Wildman–Crippen MR) is 52.1 cm³/mol. The SMILES string of the molecule is CCCCC.CN1CCCC1=O. The molecule has 0 atom stereocenters. The molecule has 1 rings (SSSR count). The van der Waals surface area contributed by atoms with Crippen LogP contribution in [0.2, 0.25) is 0 Å². The van der Waals surface area contributed by atoms with Crippen molar-refractivity contribution in [1.82, 2.24) is 4.90 Å². The van der Waals surface area contributed by atoms with Crippen molar-refractivity contribution in [3.8, 4) is 0 Å². The van der Waals surface area contributed by atoms with E-state index in [0.717, 1.165) is 19.4 Å². The first-order valence-corrected chi connectivity index (χ1v) is 4.96. The van der Waals surface area contributed by atoms with E-state index in [4.69, 9.17) is 0 Å². The maximum absolute atomic E-state index is 10.5. The van der Waals surface area contributed by atoms with E-state index in [0.29, 0.717) is 5.91 Å². The number of carbonyl (C=O) groups is 1. The summed E-state index contributed by atoms with van der Waals surface area (Å²) in [5, 5.41) is 0. The van der Waals surface area contributed by atoms with E-state index >= 15 is 0 Å². The van der Waals surface area contributed by atoms with Gasteiger partial charge in [-0.15, -0.1) is 0 Å². The van der Waals surface area contributed by atoms with Gasteiger partial charge in [-0.1, -0.05) is 33.1 Å². The molecule has 0 spiro atoms. The third kappa shape index (κ3) is 5.16. The van der Waals surface area contributed by atoms with Crippen molar-refractivity contribution in [3.63, 3.8) is 0 Å². The highest BCUT2D eigenvalue weighted by molar-refractivity contribution is 5.77. The molecule has 1 fully saturated rings. The molecule has 0 aliphatic carbocycles. The Morgan fingerprint density at radius 1 is 1.33 bits per heavy atom. The molecular formula is C10H21NO. The van der Waals surface area contributed by atoms with Crippen LogP contribution in [0.15, 0.2) is 0 Å². The van der Waals surface area contributed by atoms with E-state index in [1.165, 1.54) is 19.3 Å². The summed E-state index contributed by atoms with van der Waals surface area (Å²) in [7, 11) is 1.84. The zero-order valence-corrected chi connectivity index (χ0v) is 8.60. The Balaban J connectivity index is 0.000000217. The molecule has 0 unspecified atom stereocenters. The van der Waals surface area contributed by atoms with Gasteiger partial charge in [0, 0.05) is 20.0 Å². The van der Waals surface area contributed by atoms with Crippen molar-refractivity contribution in [2.24, 2.45) is 0 Å². The van der Waals surface area contributed by atoms with Crippen LogP contribution in [0.1, 0.15) is 46.0 Å². The van der Waals surface area contributed by atoms with E-state index in [1.54, 1.807) is 4.90 Å². The maximum Gasteiger partial charge on any atom is 0.222 e. The molecule has 0 aromatic heterocycles. The van der Waals surface area contributed by atoms with Gasteiger partial charge in [0.1, 0.15) is 0 Å². The number of hydrogen-bond donors (Lipinski definition) is 0. The summed E-state index contributed by atoms with van der Waals surface area (Å²) >= 11 is 0. The Morgan fingerprint density at radius 2 is 1.92 bits per heavy atom.